The van der Waals surface area contributed by atoms with Gasteiger partial charge in [0, 0.05) is 15.9 Å². The second-order valence-electron chi connectivity index (χ2n) is 4.29. The molecule has 0 amide bonds. The highest BCUT2D eigenvalue weighted by molar-refractivity contribution is 9.09. The molecule has 0 spiro atoms. The number of methoxy groups -OCH3 is 1. The van der Waals surface area contributed by atoms with E-state index in [0.717, 1.165) is 11.5 Å². The lowest BCUT2D eigenvalue weighted by atomic mass is 10.1. The Morgan fingerprint density at radius 1 is 1.38 bits per heavy atom. The molecule has 0 heterocycles. The van der Waals surface area contributed by atoms with Crippen molar-refractivity contribution in [2.24, 2.45) is 11.8 Å². The quantitative estimate of drug-likeness (QED) is 0.704. The Balaban J connectivity index is 2.30. The monoisotopic (exact) mass is 322 g/mol. The van der Waals surface area contributed by atoms with Crippen LogP contribution in [-0.4, -0.2) is 7.11 Å². The smallest absolute Gasteiger partial charge is 0.138 e. The summed E-state index contributed by atoms with van der Waals surface area (Å²) in [5, 5.41) is 1.32. The van der Waals surface area contributed by atoms with Crippen molar-refractivity contribution in [2.45, 2.75) is 18.2 Å². The van der Waals surface area contributed by atoms with E-state index >= 15 is 0 Å². The largest absolute Gasteiger partial charge is 0.495 e. The van der Waals surface area contributed by atoms with Crippen LogP contribution in [0.25, 0.3) is 0 Å². The zero-order valence-electron chi connectivity index (χ0n) is 9.14. The van der Waals surface area contributed by atoms with Gasteiger partial charge in [0.1, 0.15) is 5.75 Å². The molecule has 16 heavy (non-hydrogen) atoms. The minimum absolute atomic E-state index is 0.290. The van der Waals surface area contributed by atoms with Crippen LogP contribution in [0.5, 0.6) is 5.75 Å². The predicted octanol–water partition coefficient (Wildman–Crippen LogP) is 5.09. The Morgan fingerprint density at radius 2 is 2.00 bits per heavy atom. The first-order valence-corrected chi connectivity index (χ1v) is 6.88. The number of halogens is 3. The molecular formula is C12H13BrCl2O. The lowest BCUT2D eigenvalue weighted by Crippen LogP contribution is -1.96. The molecular weight excluding hydrogens is 311 g/mol. The molecule has 0 N–H and O–H groups in total. The molecule has 1 aromatic rings. The Morgan fingerprint density at radius 3 is 2.50 bits per heavy atom. The molecule has 3 unspecified atom stereocenters. The van der Waals surface area contributed by atoms with Crippen LogP contribution >= 0.6 is 39.1 Å². The number of rotatable bonds is 3. The molecule has 1 aromatic carbocycles. The van der Waals surface area contributed by atoms with Gasteiger partial charge in [-0.3, -0.25) is 0 Å². The van der Waals surface area contributed by atoms with Gasteiger partial charge in [-0.1, -0.05) is 46.1 Å². The number of ether oxygens (including phenoxy) is 1. The number of alkyl halides is 1. The van der Waals surface area contributed by atoms with Crippen LogP contribution in [0, 0.1) is 11.8 Å². The average Bonchev–Trinajstić information content (AvgIpc) is 2.97. The van der Waals surface area contributed by atoms with Crippen molar-refractivity contribution in [3.63, 3.8) is 0 Å². The Labute approximate surface area is 114 Å². The first kappa shape index (κ1) is 12.5. The van der Waals surface area contributed by atoms with E-state index in [2.05, 4.69) is 22.9 Å². The molecule has 1 fully saturated rings. The molecule has 0 aromatic heterocycles. The predicted molar refractivity (Wildman–Crippen MR) is 72.0 cm³/mol. The van der Waals surface area contributed by atoms with Gasteiger partial charge in [0.15, 0.2) is 0 Å². The first-order chi connectivity index (χ1) is 7.54. The van der Waals surface area contributed by atoms with Gasteiger partial charge in [-0.25, -0.2) is 0 Å². The Hall–Kier alpha value is 0.0800. The maximum absolute atomic E-state index is 6.23. The third-order valence-corrected chi connectivity index (χ3v) is 4.91. The van der Waals surface area contributed by atoms with Crippen LogP contribution in [0.3, 0.4) is 0 Å². The highest BCUT2D eigenvalue weighted by Crippen LogP contribution is 2.53. The van der Waals surface area contributed by atoms with E-state index in [0.29, 0.717) is 26.5 Å². The maximum Gasteiger partial charge on any atom is 0.138 e. The van der Waals surface area contributed by atoms with Gasteiger partial charge in [-0.05, 0) is 29.9 Å². The number of benzene rings is 1. The van der Waals surface area contributed by atoms with E-state index in [4.69, 9.17) is 27.9 Å². The zero-order valence-corrected chi connectivity index (χ0v) is 12.2. The molecule has 0 bridgehead atoms. The summed E-state index contributed by atoms with van der Waals surface area (Å²) >= 11 is 16.0. The molecule has 1 aliphatic carbocycles. The van der Waals surface area contributed by atoms with Gasteiger partial charge >= 0.3 is 0 Å². The second-order valence-corrected chi connectivity index (χ2v) is 6.09. The van der Waals surface area contributed by atoms with Crippen molar-refractivity contribution in [3.8, 4) is 5.75 Å². The van der Waals surface area contributed by atoms with Crippen molar-refractivity contribution in [1.29, 1.82) is 0 Å². The molecule has 1 saturated carbocycles. The van der Waals surface area contributed by atoms with Gasteiger partial charge in [0.25, 0.3) is 0 Å². The number of hydrogen-bond acceptors (Lipinski definition) is 1. The summed E-state index contributed by atoms with van der Waals surface area (Å²) in [4.78, 5) is 0.290. The molecule has 1 aliphatic rings. The van der Waals surface area contributed by atoms with Crippen LogP contribution < -0.4 is 4.74 Å². The molecule has 2 rings (SSSR count). The average molecular weight is 324 g/mol. The summed E-state index contributed by atoms with van der Waals surface area (Å²) in [5.74, 6) is 2.06. The third kappa shape index (κ3) is 2.34. The summed E-state index contributed by atoms with van der Waals surface area (Å²) in [6.45, 7) is 2.25. The lowest BCUT2D eigenvalue weighted by Gasteiger charge is -2.14. The second kappa shape index (κ2) is 4.75. The summed E-state index contributed by atoms with van der Waals surface area (Å²) in [7, 11) is 1.59. The van der Waals surface area contributed by atoms with E-state index < -0.39 is 0 Å². The van der Waals surface area contributed by atoms with Crippen LogP contribution in [0.2, 0.25) is 10.0 Å². The summed E-state index contributed by atoms with van der Waals surface area (Å²) in [6, 6.07) is 3.67. The van der Waals surface area contributed by atoms with Gasteiger partial charge in [-0.2, -0.15) is 0 Å². The van der Waals surface area contributed by atoms with Gasteiger partial charge in [0.2, 0.25) is 0 Å². The number of hydrogen-bond donors (Lipinski definition) is 0. The highest BCUT2D eigenvalue weighted by atomic mass is 79.9. The fraction of sp³-hybridized carbons (Fsp3) is 0.500. The Bertz CT molecular complexity index is 408. The fourth-order valence-electron chi connectivity index (χ4n) is 1.90. The minimum atomic E-state index is 0.290. The van der Waals surface area contributed by atoms with Crippen LogP contribution in [0.15, 0.2) is 12.1 Å². The minimum Gasteiger partial charge on any atom is -0.495 e. The van der Waals surface area contributed by atoms with E-state index in [-0.39, 0.29) is 0 Å². The molecule has 0 saturated heterocycles. The van der Waals surface area contributed by atoms with E-state index in [9.17, 15) is 0 Å². The van der Waals surface area contributed by atoms with Crippen LogP contribution in [-0.2, 0) is 0 Å². The Kier molecular flexibility index (Phi) is 3.72. The molecule has 0 aliphatic heterocycles. The SMILES string of the molecule is COc1cc(Cl)c(C(Br)C2CC2C)cc1Cl. The third-order valence-electron chi connectivity index (χ3n) is 3.12. The van der Waals surface area contributed by atoms with E-state index in [1.807, 2.05) is 6.07 Å². The lowest BCUT2D eigenvalue weighted by molar-refractivity contribution is 0.415. The normalized spacial score (nSPS) is 25.3. The summed E-state index contributed by atoms with van der Waals surface area (Å²) in [5.41, 5.74) is 1.06. The maximum atomic E-state index is 6.23. The molecule has 88 valence electrons. The van der Waals surface area contributed by atoms with Crippen molar-refractivity contribution in [2.75, 3.05) is 7.11 Å². The van der Waals surface area contributed by atoms with Crippen molar-refractivity contribution in [3.05, 3.63) is 27.7 Å². The van der Waals surface area contributed by atoms with Gasteiger partial charge in [-0.15, -0.1) is 0 Å². The molecule has 3 atom stereocenters. The van der Waals surface area contributed by atoms with Crippen LogP contribution in [0.4, 0.5) is 0 Å². The first-order valence-electron chi connectivity index (χ1n) is 5.21. The fourth-order valence-corrected chi connectivity index (χ4v) is 3.67. The highest BCUT2D eigenvalue weighted by Gasteiger charge is 2.39. The van der Waals surface area contributed by atoms with Gasteiger partial charge < -0.3 is 4.74 Å². The van der Waals surface area contributed by atoms with Gasteiger partial charge in [0.05, 0.1) is 12.1 Å². The van der Waals surface area contributed by atoms with Crippen LogP contribution in [0.1, 0.15) is 23.7 Å². The standard InChI is InChI=1S/C12H13BrCl2O/c1-6-3-7(6)12(13)8-4-10(15)11(16-2)5-9(8)14/h4-7,12H,3H2,1-2H3. The van der Waals surface area contributed by atoms with Crippen molar-refractivity contribution >= 4 is 39.1 Å². The van der Waals surface area contributed by atoms with Crippen molar-refractivity contribution < 1.29 is 4.74 Å². The summed E-state index contributed by atoms with van der Waals surface area (Å²) < 4.78 is 5.13. The molecule has 1 nitrogen and oxygen atoms in total. The molecule has 0 radical (unpaired) electrons. The topological polar surface area (TPSA) is 9.23 Å². The summed E-state index contributed by atoms with van der Waals surface area (Å²) in [6.07, 6.45) is 1.25. The zero-order chi connectivity index (χ0) is 11.9. The van der Waals surface area contributed by atoms with E-state index in [1.54, 1.807) is 13.2 Å². The van der Waals surface area contributed by atoms with Crippen molar-refractivity contribution in [1.82, 2.24) is 0 Å². The van der Waals surface area contributed by atoms with E-state index in [1.165, 1.54) is 6.42 Å². The molecule has 4 heteroatoms.